The molecule has 0 saturated carbocycles. The molecule has 1 amide bonds. The number of anilines is 1. The highest BCUT2D eigenvalue weighted by Gasteiger charge is 2.17. The van der Waals surface area contributed by atoms with Crippen LogP contribution in [0.5, 0.6) is 11.5 Å². The number of aromatic nitrogens is 2. The van der Waals surface area contributed by atoms with Crippen molar-refractivity contribution in [3.8, 4) is 17.2 Å². The molecule has 134 valence electrons. The number of pyridine rings is 1. The van der Waals surface area contributed by atoms with Gasteiger partial charge in [-0.3, -0.25) is 9.78 Å². The first kappa shape index (κ1) is 17.5. The van der Waals surface area contributed by atoms with Crippen LogP contribution in [-0.4, -0.2) is 29.7 Å². The van der Waals surface area contributed by atoms with Crippen LogP contribution in [0.4, 0.5) is 5.69 Å². The standard InChI is InChI=1S/C20H21N3O3/c1-13-8-19(14(2)23(13)16-6-5-7-21-12-16)20(24)22-15-9-17(25-3)11-18(10-15)26-4/h5-12H,1-4H3,(H,22,24). The van der Waals surface area contributed by atoms with Crippen molar-refractivity contribution in [3.05, 3.63) is 65.7 Å². The number of benzene rings is 1. The van der Waals surface area contributed by atoms with Gasteiger partial charge < -0.3 is 19.4 Å². The second-order valence-corrected chi connectivity index (χ2v) is 5.89. The lowest BCUT2D eigenvalue weighted by Crippen LogP contribution is -2.13. The maximum absolute atomic E-state index is 12.8. The molecule has 0 aliphatic carbocycles. The minimum Gasteiger partial charge on any atom is -0.497 e. The zero-order chi connectivity index (χ0) is 18.7. The van der Waals surface area contributed by atoms with E-state index in [1.807, 2.05) is 36.6 Å². The van der Waals surface area contributed by atoms with Crippen LogP contribution < -0.4 is 14.8 Å². The van der Waals surface area contributed by atoms with E-state index in [1.54, 1.807) is 44.8 Å². The molecule has 0 spiro atoms. The van der Waals surface area contributed by atoms with E-state index >= 15 is 0 Å². The highest BCUT2D eigenvalue weighted by atomic mass is 16.5. The van der Waals surface area contributed by atoms with Crippen LogP contribution in [0.1, 0.15) is 21.7 Å². The number of hydrogen-bond acceptors (Lipinski definition) is 4. The predicted molar refractivity (Wildman–Crippen MR) is 101 cm³/mol. The van der Waals surface area contributed by atoms with Gasteiger partial charge in [-0.05, 0) is 32.0 Å². The molecule has 0 aliphatic rings. The Balaban J connectivity index is 1.92. The van der Waals surface area contributed by atoms with Gasteiger partial charge in [0.15, 0.2) is 0 Å². The first-order valence-corrected chi connectivity index (χ1v) is 8.17. The average Bonchev–Trinajstić information content (AvgIpc) is 2.96. The summed E-state index contributed by atoms with van der Waals surface area (Å²) in [4.78, 5) is 17.0. The Bertz CT molecular complexity index is 911. The minimum atomic E-state index is -0.191. The molecule has 0 aliphatic heterocycles. The van der Waals surface area contributed by atoms with Gasteiger partial charge in [-0.15, -0.1) is 0 Å². The lowest BCUT2D eigenvalue weighted by Gasteiger charge is -2.11. The van der Waals surface area contributed by atoms with Crippen LogP contribution in [-0.2, 0) is 0 Å². The fraction of sp³-hybridized carbons (Fsp3) is 0.200. The van der Waals surface area contributed by atoms with Crippen molar-refractivity contribution in [2.45, 2.75) is 13.8 Å². The second-order valence-electron chi connectivity index (χ2n) is 5.89. The van der Waals surface area contributed by atoms with Gasteiger partial charge in [0.05, 0.1) is 31.7 Å². The Labute approximate surface area is 152 Å². The molecular formula is C20H21N3O3. The summed E-state index contributed by atoms with van der Waals surface area (Å²) >= 11 is 0. The van der Waals surface area contributed by atoms with E-state index in [9.17, 15) is 4.79 Å². The third kappa shape index (κ3) is 3.39. The van der Waals surface area contributed by atoms with E-state index in [0.29, 0.717) is 22.7 Å². The molecule has 26 heavy (non-hydrogen) atoms. The maximum Gasteiger partial charge on any atom is 0.257 e. The minimum absolute atomic E-state index is 0.191. The van der Waals surface area contributed by atoms with E-state index in [2.05, 4.69) is 10.3 Å². The van der Waals surface area contributed by atoms with Crippen LogP contribution in [0.25, 0.3) is 5.69 Å². The van der Waals surface area contributed by atoms with Gasteiger partial charge >= 0.3 is 0 Å². The smallest absolute Gasteiger partial charge is 0.257 e. The zero-order valence-corrected chi connectivity index (χ0v) is 15.2. The van der Waals surface area contributed by atoms with E-state index < -0.39 is 0 Å². The lowest BCUT2D eigenvalue weighted by atomic mass is 10.2. The largest absolute Gasteiger partial charge is 0.497 e. The summed E-state index contributed by atoms with van der Waals surface area (Å²) in [5.41, 5.74) is 3.95. The molecule has 6 nitrogen and oxygen atoms in total. The summed E-state index contributed by atoms with van der Waals surface area (Å²) in [7, 11) is 3.14. The molecule has 0 atom stereocenters. The quantitative estimate of drug-likeness (QED) is 0.760. The van der Waals surface area contributed by atoms with Crippen LogP contribution in [0.3, 0.4) is 0 Å². The van der Waals surface area contributed by atoms with E-state index in [4.69, 9.17) is 9.47 Å². The average molecular weight is 351 g/mol. The van der Waals surface area contributed by atoms with Crippen molar-refractivity contribution in [1.82, 2.24) is 9.55 Å². The number of nitrogens with zero attached hydrogens (tertiary/aromatic N) is 2. The van der Waals surface area contributed by atoms with Crippen molar-refractivity contribution in [2.24, 2.45) is 0 Å². The molecule has 0 saturated heterocycles. The van der Waals surface area contributed by atoms with E-state index in [-0.39, 0.29) is 5.91 Å². The lowest BCUT2D eigenvalue weighted by molar-refractivity contribution is 0.102. The fourth-order valence-corrected chi connectivity index (χ4v) is 2.95. The third-order valence-corrected chi connectivity index (χ3v) is 4.19. The summed E-state index contributed by atoms with van der Waals surface area (Å²) in [5, 5.41) is 2.91. The van der Waals surface area contributed by atoms with Gasteiger partial charge in [-0.2, -0.15) is 0 Å². The number of methoxy groups -OCH3 is 2. The van der Waals surface area contributed by atoms with Crippen molar-refractivity contribution in [3.63, 3.8) is 0 Å². The van der Waals surface area contributed by atoms with Crippen molar-refractivity contribution in [2.75, 3.05) is 19.5 Å². The highest BCUT2D eigenvalue weighted by molar-refractivity contribution is 6.05. The number of aryl methyl sites for hydroxylation is 1. The number of carbonyl (C=O) groups is 1. The van der Waals surface area contributed by atoms with Crippen molar-refractivity contribution in [1.29, 1.82) is 0 Å². The predicted octanol–water partition coefficient (Wildman–Crippen LogP) is 3.76. The van der Waals surface area contributed by atoms with Gasteiger partial charge in [-0.25, -0.2) is 0 Å². The Morgan fingerprint density at radius 3 is 2.35 bits per heavy atom. The molecule has 3 aromatic rings. The number of carbonyl (C=O) groups excluding carboxylic acids is 1. The molecule has 2 heterocycles. The van der Waals surface area contributed by atoms with Crippen LogP contribution in [0.2, 0.25) is 0 Å². The molecule has 0 fully saturated rings. The van der Waals surface area contributed by atoms with E-state index in [0.717, 1.165) is 17.1 Å². The Morgan fingerprint density at radius 1 is 1.08 bits per heavy atom. The van der Waals surface area contributed by atoms with Gasteiger partial charge in [0.25, 0.3) is 5.91 Å². The summed E-state index contributed by atoms with van der Waals surface area (Å²) in [6.45, 7) is 3.88. The molecule has 0 bridgehead atoms. The number of hydrogen-bond donors (Lipinski definition) is 1. The summed E-state index contributed by atoms with van der Waals surface area (Å²) in [6.07, 6.45) is 3.50. The monoisotopic (exact) mass is 351 g/mol. The third-order valence-electron chi connectivity index (χ3n) is 4.19. The van der Waals surface area contributed by atoms with Crippen molar-refractivity contribution >= 4 is 11.6 Å². The topological polar surface area (TPSA) is 65.4 Å². The zero-order valence-electron chi connectivity index (χ0n) is 15.2. The van der Waals surface area contributed by atoms with Gasteiger partial charge in [-0.1, -0.05) is 0 Å². The van der Waals surface area contributed by atoms with Crippen molar-refractivity contribution < 1.29 is 14.3 Å². The van der Waals surface area contributed by atoms with Gasteiger partial charge in [0.1, 0.15) is 11.5 Å². The Hall–Kier alpha value is -3.28. The summed E-state index contributed by atoms with van der Waals surface area (Å²) < 4.78 is 12.5. The Morgan fingerprint density at radius 2 is 1.77 bits per heavy atom. The number of ether oxygens (including phenoxy) is 2. The molecular weight excluding hydrogens is 330 g/mol. The molecule has 0 unspecified atom stereocenters. The molecule has 2 aromatic heterocycles. The Kier molecular flexibility index (Phi) is 4.93. The molecule has 0 radical (unpaired) electrons. The van der Waals surface area contributed by atoms with Crippen LogP contribution >= 0.6 is 0 Å². The first-order valence-electron chi connectivity index (χ1n) is 8.17. The SMILES string of the molecule is COc1cc(NC(=O)c2cc(C)n(-c3cccnc3)c2C)cc(OC)c1. The fourth-order valence-electron chi connectivity index (χ4n) is 2.95. The summed E-state index contributed by atoms with van der Waals surface area (Å²) in [6, 6.07) is 11.0. The normalized spacial score (nSPS) is 10.5. The molecule has 1 N–H and O–H groups in total. The van der Waals surface area contributed by atoms with E-state index in [1.165, 1.54) is 0 Å². The van der Waals surface area contributed by atoms with Crippen LogP contribution in [0.15, 0.2) is 48.8 Å². The number of nitrogens with one attached hydrogen (secondary N) is 1. The number of amides is 1. The first-order chi connectivity index (χ1) is 12.5. The number of rotatable bonds is 5. The van der Waals surface area contributed by atoms with Gasteiger partial charge in [0, 0.05) is 41.5 Å². The molecule has 3 rings (SSSR count). The maximum atomic E-state index is 12.8. The van der Waals surface area contributed by atoms with Gasteiger partial charge in [0.2, 0.25) is 0 Å². The highest BCUT2D eigenvalue weighted by Crippen LogP contribution is 2.27. The molecule has 6 heteroatoms. The summed E-state index contributed by atoms with van der Waals surface area (Å²) in [5.74, 6) is 1.03. The second kappa shape index (κ2) is 7.31. The molecule has 1 aromatic carbocycles. The van der Waals surface area contributed by atoms with Crippen LogP contribution in [0, 0.1) is 13.8 Å².